The standard InChI is InChI=1S/C14H28/c1-6-9-12-10-7-8-11-14(12,5)13(2,3)4/h12H,6-11H2,1-5H3. The summed E-state index contributed by atoms with van der Waals surface area (Å²) in [6, 6.07) is 0. The second kappa shape index (κ2) is 4.24. The van der Waals surface area contributed by atoms with Gasteiger partial charge in [-0.25, -0.2) is 0 Å². The molecule has 0 amide bonds. The van der Waals surface area contributed by atoms with Crippen LogP contribution in [0, 0.1) is 16.7 Å². The van der Waals surface area contributed by atoms with E-state index < -0.39 is 0 Å². The number of hydrogen-bond donors (Lipinski definition) is 0. The molecule has 1 aliphatic carbocycles. The lowest BCUT2D eigenvalue weighted by Gasteiger charge is -2.51. The van der Waals surface area contributed by atoms with Crippen LogP contribution in [0.15, 0.2) is 0 Å². The second-order valence-corrected chi connectivity index (χ2v) is 6.40. The molecule has 0 radical (unpaired) electrons. The fourth-order valence-electron chi connectivity index (χ4n) is 3.20. The van der Waals surface area contributed by atoms with Crippen molar-refractivity contribution < 1.29 is 0 Å². The van der Waals surface area contributed by atoms with Crippen LogP contribution in [0.4, 0.5) is 0 Å². The van der Waals surface area contributed by atoms with Gasteiger partial charge >= 0.3 is 0 Å². The van der Waals surface area contributed by atoms with Crippen molar-refractivity contribution in [3.8, 4) is 0 Å². The van der Waals surface area contributed by atoms with Crippen LogP contribution < -0.4 is 0 Å². The Balaban J connectivity index is 2.79. The minimum atomic E-state index is 0.479. The van der Waals surface area contributed by atoms with Crippen LogP contribution in [0.25, 0.3) is 0 Å². The largest absolute Gasteiger partial charge is 0.0654 e. The van der Waals surface area contributed by atoms with Crippen LogP contribution in [-0.4, -0.2) is 0 Å². The lowest BCUT2D eigenvalue weighted by molar-refractivity contribution is -0.00833. The molecule has 0 saturated heterocycles. The van der Waals surface area contributed by atoms with E-state index in [0.29, 0.717) is 10.8 Å². The van der Waals surface area contributed by atoms with Crippen LogP contribution in [0.3, 0.4) is 0 Å². The van der Waals surface area contributed by atoms with Crippen molar-refractivity contribution >= 4 is 0 Å². The van der Waals surface area contributed by atoms with Gasteiger partial charge in [-0.2, -0.15) is 0 Å². The van der Waals surface area contributed by atoms with Crippen molar-refractivity contribution in [2.45, 2.75) is 73.1 Å². The summed E-state index contributed by atoms with van der Waals surface area (Å²) in [7, 11) is 0. The molecule has 0 aromatic carbocycles. The molecule has 0 aromatic heterocycles. The molecule has 1 aliphatic rings. The molecule has 1 saturated carbocycles. The summed E-state index contributed by atoms with van der Waals surface area (Å²) < 4.78 is 0. The molecule has 0 heteroatoms. The van der Waals surface area contributed by atoms with E-state index in [1.54, 1.807) is 0 Å². The lowest BCUT2D eigenvalue weighted by atomic mass is 9.54. The average Bonchev–Trinajstić information content (AvgIpc) is 2.07. The Morgan fingerprint density at radius 1 is 1.21 bits per heavy atom. The fraction of sp³-hybridized carbons (Fsp3) is 1.00. The van der Waals surface area contributed by atoms with Crippen LogP contribution in [-0.2, 0) is 0 Å². The average molecular weight is 196 g/mol. The molecule has 0 aromatic rings. The molecule has 0 aliphatic heterocycles. The third-order valence-electron chi connectivity index (χ3n) is 4.75. The Bertz CT molecular complexity index is 173. The van der Waals surface area contributed by atoms with E-state index in [0.717, 1.165) is 5.92 Å². The van der Waals surface area contributed by atoms with Gasteiger partial charge < -0.3 is 0 Å². The van der Waals surface area contributed by atoms with Gasteiger partial charge in [-0.05, 0) is 29.6 Å². The molecule has 0 nitrogen and oxygen atoms in total. The van der Waals surface area contributed by atoms with E-state index in [9.17, 15) is 0 Å². The lowest BCUT2D eigenvalue weighted by Crippen LogP contribution is -2.41. The first-order valence-corrected chi connectivity index (χ1v) is 6.42. The molecule has 14 heavy (non-hydrogen) atoms. The summed E-state index contributed by atoms with van der Waals surface area (Å²) in [5, 5.41) is 0. The second-order valence-electron chi connectivity index (χ2n) is 6.40. The Morgan fingerprint density at radius 2 is 1.86 bits per heavy atom. The number of rotatable bonds is 2. The first-order valence-electron chi connectivity index (χ1n) is 6.42. The van der Waals surface area contributed by atoms with Crippen LogP contribution in [0.1, 0.15) is 73.1 Å². The maximum absolute atomic E-state index is 2.53. The monoisotopic (exact) mass is 196 g/mol. The van der Waals surface area contributed by atoms with E-state index in [-0.39, 0.29) is 0 Å². The van der Waals surface area contributed by atoms with Crippen molar-refractivity contribution in [1.82, 2.24) is 0 Å². The third-order valence-corrected chi connectivity index (χ3v) is 4.75. The smallest absolute Gasteiger partial charge is 0.0249 e. The van der Waals surface area contributed by atoms with Crippen LogP contribution in [0.5, 0.6) is 0 Å². The highest BCUT2D eigenvalue weighted by atomic mass is 14.5. The maximum Gasteiger partial charge on any atom is -0.0249 e. The summed E-state index contributed by atoms with van der Waals surface area (Å²) in [4.78, 5) is 0. The molecule has 1 rings (SSSR count). The third kappa shape index (κ3) is 2.15. The molecule has 2 unspecified atom stereocenters. The fourth-order valence-corrected chi connectivity index (χ4v) is 3.20. The quantitative estimate of drug-likeness (QED) is 0.581. The van der Waals surface area contributed by atoms with Gasteiger partial charge in [-0.3, -0.25) is 0 Å². The zero-order valence-electron chi connectivity index (χ0n) is 10.8. The summed E-state index contributed by atoms with van der Waals surface area (Å²) >= 11 is 0. The molecule has 2 atom stereocenters. The van der Waals surface area contributed by atoms with Crippen molar-refractivity contribution in [3.63, 3.8) is 0 Å². The SMILES string of the molecule is CCCC1CCCCC1(C)C(C)(C)C. The van der Waals surface area contributed by atoms with Crippen LogP contribution >= 0.6 is 0 Å². The van der Waals surface area contributed by atoms with Crippen molar-refractivity contribution in [1.29, 1.82) is 0 Å². The van der Waals surface area contributed by atoms with E-state index in [4.69, 9.17) is 0 Å². The highest BCUT2D eigenvalue weighted by Crippen LogP contribution is 2.53. The van der Waals surface area contributed by atoms with Gasteiger partial charge in [0.15, 0.2) is 0 Å². The Labute approximate surface area is 90.5 Å². The normalized spacial score (nSPS) is 34.5. The summed E-state index contributed by atoms with van der Waals surface area (Å²) in [6.07, 6.45) is 8.64. The molecule has 0 spiro atoms. The summed E-state index contributed by atoms with van der Waals surface area (Å²) in [6.45, 7) is 12.2. The molecule has 84 valence electrons. The highest BCUT2D eigenvalue weighted by Gasteiger charge is 2.44. The molecular formula is C14H28. The predicted octanol–water partition coefficient (Wildman–Crippen LogP) is 5.03. The van der Waals surface area contributed by atoms with Gasteiger partial charge in [0, 0.05) is 0 Å². The van der Waals surface area contributed by atoms with Gasteiger partial charge in [0.05, 0.1) is 0 Å². The van der Waals surface area contributed by atoms with Crippen molar-refractivity contribution in [3.05, 3.63) is 0 Å². The van der Waals surface area contributed by atoms with Crippen molar-refractivity contribution in [2.75, 3.05) is 0 Å². The van der Waals surface area contributed by atoms with Crippen LogP contribution in [0.2, 0.25) is 0 Å². The zero-order chi connectivity index (χ0) is 10.8. The molecule has 0 N–H and O–H groups in total. The Kier molecular flexibility index (Phi) is 3.66. The Hall–Kier alpha value is 0. The highest BCUT2D eigenvalue weighted by molar-refractivity contribution is 4.94. The van der Waals surface area contributed by atoms with Gasteiger partial charge in [0.2, 0.25) is 0 Å². The van der Waals surface area contributed by atoms with Crippen molar-refractivity contribution in [2.24, 2.45) is 16.7 Å². The van der Waals surface area contributed by atoms with Gasteiger partial charge in [0.25, 0.3) is 0 Å². The van der Waals surface area contributed by atoms with E-state index in [1.165, 1.54) is 38.5 Å². The van der Waals surface area contributed by atoms with E-state index in [2.05, 4.69) is 34.6 Å². The van der Waals surface area contributed by atoms with E-state index >= 15 is 0 Å². The number of hydrogen-bond acceptors (Lipinski definition) is 0. The molecule has 1 fully saturated rings. The van der Waals surface area contributed by atoms with Gasteiger partial charge in [-0.1, -0.05) is 60.3 Å². The minimum absolute atomic E-state index is 0.479. The van der Waals surface area contributed by atoms with Gasteiger partial charge in [0.1, 0.15) is 0 Å². The molecular weight excluding hydrogens is 168 g/mol. The molecule has 0 heterocycles. The summed E-state index contributed by atoms with van der Waals surface area (Å²) in [5.74, 6) is 0.973. The topological polar surface area (TPSA) is 0 Å². The Morgan fingerprint density at radius 3 is 2.36 bits per heavy atom. The molecule has 0 bridgehead atoms. The predicted molar refractivity (Wildman–Crippen MR) is 64.4 cm³/mol. The minimum Gasteiger partial charge on any atom is -0.0654 e. The van der Waals surface area contributed by atoms with Gasteiger partial charge in [-0.15, -0.1) is 0 Å². The summed E-state index contributed by atoms with van der Waals surface area (Å²) in [5.41, 5.74) is 1.06. The maximum atomic E-state index is 2.53. The first-order chi connectivity index (χ1) is 6.42. The first kappa shape index (κ1) is 12.1. The van der Waals surface area contributed by atoms with E-state index in [1.807, 2.05) is 0 Å². The zero-order valence-corrected chi connectivity index (χ0v) is 10.8.